The number of nitrogens with zero attached hydrogens (tertiary/aromatic N) is 1. The first-order valence-electron chi connectivity index (χ1n) is 8.85. The summed E-state index contributed by atoms with van der Waals surface area (Å²) in [6, 6.07) is 22.4. The van der Waals surface area contributed by atoms with Crippen LogP contribution in [-0.4, -0.2) is 19.2 Å². The molecule has 0 N–H and O–H groups in total. The van der Waals surface area contributed by atoms with Crippen molar-refractivity contribution in [2.75, 3.05) is 7.11 Å². The van der Waals surface area contributed by atoms with Gasteiger partial charge in [0.1, 0.15) is 5.75 Å². The zero-order chi connectivity index (χ0) is 19.7. The van der Waals surface area contributed by atoms with Crippen LogP contribution in [0.1, 0.15) is 32.6 Å². The Bertz CT molecular complexity index is 1050. The van der Waals surface area contributed by atoms with Crippen molar-refractivity contribution in [1.29, 1.82) is 0 Å². The molecule has 1 radical (unpaired) electrons. The van der Waals surface area contributed by atoms with E-state index in [0.717, 1.165) is 22.3 Å². The maximum Gasteiger partial charge on any atom is 0.513 e. The maximum atomic E-state index is 12.7. The van der Waals surface area contributed by atoms with Crippen molar-refractivity contribution in [1.82, 2.24) is 0 Å². The fraction of sp³-hybridized carbons (Fsp3) is 0.130. The van der Waals surface area contributed by atoms with Gasteiger partial charge in [-0.3, -0.25) is 0 Å². The SMILES string of the molecule is COC(=O)Oc1ccc(C2(c3ccc(C)cc3)[N-]C(=O)c3ccccc32)cc1.[Re]. The Labute approximate surface area is 182 Å². The van der Waals surface area contributed by atoms with Gasteiger partial charge in [0, 0.05) is 26.0 Å². The number of benzene rings is 3. The van der Waals surface area contributed by atoms with Gasteiger partial charge in [0.15, 0.2) is 0 Å². The molecule has 1 aliphatic rings. The maximum absolute atomic E-state index is 12.7. The van der Waals surface area contributed by atoms with Gasteiger partial charge >= 0.3 is 6.16 Å². The van der Waals surface area contributed by atoms with Crippen molar-refractivity contribution in [2.24, 2.45) is 0 Å². The molecule has 0 aliphatic carbocycles. The Morgan fingerprint density at radius 3 is 2.10 bits per heavy atom. The average Bonchev–Trinajstić information content (AvgIpc) is 3.03. The molecule has 1 amide bonds. The molecule has 4 rings (SSSR count). The average molecular weight is 559 g/mol. The van der Waals surface area contributed by atoms with Crippen LogP contribution in [0, 0.1) is 6.92 Å². The van der Waals surface area contributed by atoms with Crippen molar-refractivity contribution in [3.05, 3.63) is 106 Å². The molecule has 5 nitrogen and oxygen atoms in total. The predicted octanol–water partition coefficient (Wildman–Crippen LogP) is 4.96. The van der Waals surface area contributed by atoms with Gasteiger partial charge in [-0.05, 0) is 30.2 Å². The molecule has 0 bridgehead atoms. The minimum atomic E-state index is -0.939. The second-order valence-electron chi connectivity index (χ2n) is 6.62. The van der Waals surface area contributed by atoms with E-state index >= 15 is 0 Å². The molecule has 0 fully saturated rings. The first-order chi connectivity index (χ1) is 13.5. The molecule has 0 aromatic heterocycles. The molecule has 1 aliphatic heterocycles. The fourth-order valence-electron chi connectivity index (χ4n) is 3.56. The third-order valence-corrected chi connectivity index (χ3v) is 4.93. The first-order valence-corrected chi connectivity index (χ1v) is 8.85. The van der Waals surface area contributed by atoms with Crippen LogP contribution in [0.2, 0.25) is 0 Å². The Balaban J connectivity index is 0.00000240. The van der Waals surface area contributed by atoms with Crippen molar-refractivity contribution < 1.29 is 39.5 Å². The summed E-state index contributed by atoms with van der Waals surface area (Å²) >= 11 is 0. The summed E-state index contributed by atoms with van der Waals surface area (Å²) in [6.07, 6.45) is -0.785. The largest absolute Gasteiger partial charge is 0.633 e. The van der Waals surface area contributed by atoms with E-state index in [9.17, 15) is 9.59 Å². The van der Waals surface area contributed by atoms with E-state index in [1.807, 2.05) is 61.5 Å². The molecule has 29 heavy (non-hydrogen) atoms. The quantitative estimate of drug-likeness (QED) is 0.337. The van der Waals surface area contributed by atoms with E-state index in [0.29, 0.717) is 11.3 Å². The number of fused-ring (bicyclic) bond motifs is 1. The molecule has 6 heteroatoms. The summed E-state index contributed by atoms with van der Waals surface area (Å²) in [6.45, 7) is 2.01. The van der Waals surface area contributed by atoms with Gasteiger partial charge in [-0.25, -0.2) is 4.79 Å². The number of carbonyl (C=O) groups is 2. The summed E-state index contributed by atoms with van der Waals surface area (Å²) in [5, 5.41) is 4.59. The molecular formula is C23H18NO4Re-. The Hall–Kier alpha value is -2.94. The molecule has 1 unspecified atom stereocenters. The van der Waals surface area contributed by atoms with Crippen LogP contribution >= 0.6 is 0 Å². The number of ether oxygens (including phenoxy) is 2. The molecule has 1 atom stereocenters. The third kappa shape index (κ3) is 3.58. The van der Waals surface area contributed by atoms with Crippen molar-refractivity contribution >= 4 is 12.1 Å². The molecule has 0 saturated carbocycles. The van der Waals surface area contributed by atoms with Crippen LogP contribution < -0.4 is 4.74 Å². The van der Waals surface area contributed by atoms with Gasteiger partial charge in [0.25, 0.3) is 0 Å². The first kappa shape index (κ1) is 20.8. The summed E-state index contributed by atoms with van der Waals surface area (Å²) in [5.41, 5.74) is 3.33. The van der Waals surface area contributed by atoms with E-state index in [1.54, 1.807) is 18.2 Å². The number of carbonyl (C=O) groups excluding carboxylic acids is 2. The van der Waals surface area contributed by atoms with Crippen molar-refractivity contribution in [3.8, 4) is 5.75 Å². The van der Waals surface area contributed by atoms with Gasteiger partial charge in [-0.1, -0.05) is 77.4 Å². The minimum absolute atomic E-state index is 0. The zero-order valence-electron chi connectivity index (χ0n) is 15.9. The van der Waals surface area contributed by atoms with E-state index in [1.165, 1.54) is 7.11 Å². The van der Waals surface area contributed by atoms with Gasteiger partial charge in [-0.2, -0.15) is 0 Å². The summed E-state index contributed by atoms with van der Waals surface area (Å²) in [4.78, 5) is 24.0. The summed E-state index contributed by atoms with van der Waals surface area (Å²) < 4.78 is 9.59. The van der Waals surface area contributed by atoms with E-state index < -0.39 is 11.7 Å². The molecule has 0 spiro atoms. The second kappa shape index (κ2) is 8.20. The Morgan fingerprint density at radius 2 is 1.48 bits per heavy atom. The van der Waals surface area contributed by atoms with Crippen LogP contribution in [0.25, 0.3) is 5.32 Å². The molecule has 3 aromatic rings. The molecule has 1 heterocycles. The van der Waals surface area contributed by atoms with Gasteiger partial charge in [0.2, 0.25) is 0 Å². The predicted molar refractivity (Wildman–Crippen MR) is 105 cm³/mol. The molecule has 3 aromatic carbocycles. The number of amides is 1. The van der Waals surface area contributed by atoms with Gasteiger partial charge in [-0.15, -0.1) is 0 Å². The molecular weight excluding hydrogens is 540 g/mol. The van der Waals surface area contributed by atoms with Crippen LogP contribution in [-0.2, 0) is 30.7 Å². The minimum Gasteiger partial charge on any atom is -0.633 e. The van der Waals surface area contributed by atoms with E-state index in [2.05, 4.69) is 10.1 Å². The third-order valence-electron chi connectivity index (χ3n) is 4.93. The second-order valence-corrected chi connectivity index (χ2v) is 6.62. The number of methoxy groups -OCH3 is 1. The number of rotatable bonds is 3. The van der Waals surface area contributed by atoms with Gasteiger partial charge in [0.05, 0.1) is 13.0 Å². The normalized spacial score (nSPS) is 17.0. The fourth-order valence-corrected chi connectivity index (χ4v) is 3.56. The summed E-state index contributed by atoms with van der Waals surface area (Å²) in [7, 11) is 1.25. The van der Waals surface area contributed by atoms with Crippen LogP contribution in [0.4, 0.5) is 4.79 Å². The summed E-state index contributed by atoms with van der Waals surface area (Å²) in [5.74, 6) is 0.110. The zero-order valence-corrected chi connectivity index (χ0v) is 18.6. The van der Waals surface area contributed by atoms with Crippen molar-refractivity contribution in [2.45, 2.75) is 12.5 Å². The van der Waals surface area contributed by atoms with Crippen molar-refractivity contribution in [3.63, 3.8) is 0 Å². The number of hydrogen-bond donors (Lipinski definition) is 0. The van der Waals surface area contributed by atoms with Crippen LogP contribution in [0.15, 0.2) is 72.8 Å². The smallest absolute Gasteiger partial charge is 0.513 e. The Morgan fingerprint density at radius 1 is 0.897 bits per heavy atom. The van der Waals surface area contributed by atoms with Crippen LogP contribution in [0.5, 0.6) is 5.75 Å². The van der Waals surface area contributed by atoms with E-state index in [4.69, 9.17) is 4.74 Å². The number of aryl methyl sites for hydroxylation is 1. The monoisotopic (exact) mass is 559 g/mol. The topological polar surface area (TPSA) is 66.7 Å². The number of hydrogen-bond acceptors (Lipinski definition) is 4. The Kier molecular flexibility index (Phi) is 5.88. The van der Waals surface area contributed by atoms with E-state index in [-0.39, 0.29) is 26.3 Å². The molecule has 0 saturated heterocycles. The van der Waals surface area contributed by atoms with Crippen LogP contribution in [0.3, 0.4) is 0 Å². The van der Waals surface area contributed by atoms with Gasteiger partial charge < -0.3 is 19.6 Å². The standard InChI is InChI=1S/C23H19NO4.Re/c1-15-7-9-16(10-8-15)23(20-6-4-3-5-19(20)21(25)24-23)17-11-13-18(14-12-17)28-22(26)27-2;/h3-14H,1-2H3,(H,24,25);/p-1. The molecule has 147 valence electrons.